The van der Waals surface area contributed by atoms with Crippen molar-refractivity contribution in [3.63, 3.8) is 0 Å². The Hall–Kier alpha value is -2.44. The summed E-state index contributed by atoms with van der Waals surface area (Å²) in [6.45, 7) is -0.796. The molecule has 1 aliphatic rings. The average molecular weight is 306 g/mol. The summed E-state index contributed by atoms with van der Waals surface area (Å²) in [5, 5.41) is 3.13. The highest BCUT2D eigenvalue weighted by Gasteiger charge is 2.14. The van der Waals surface area contributed by atoms with Gasteiger partial charge < -0.3 is 15.0 Å². The lowest BCUT2D eigenvalue weighted by Crippen LogP contribution is -2.19. The third kappa shape index (κ3) is 3.60. The molecule has 5 nitrogen and oxygen atoms in total. The maximum atomic E-state index is 12.1. The molecular formula is C15H16F2N4O. The van der Waals surface area contributed by atoms with Gasteiger partial charge in [-0.15, -0.1) is 0 Å². The van der Waals surface area contributed by atoms with E-state index in [0.717, 1.165) is 24.6 Å². The van der Waals surface area contributed by atoms with Crippen molar-refractivity contribution in [2.45, 2.75) is 19.5 Å². The molecule has 0 atom stereocenters. The summed E-state index contributed by atoms with van der Waals surface area (Å²) in [4.78, 5) is 10.7. The molecule has 7 heteroatoms. The maximum absolute atomic E-state index is 12.1. The van der Waals surface area contributed by atoms with Crippen molar-refractivity contribution in [3.05, 3.63) is 36.7 Å². The fraction of sp³-hybridized carbons (Fsp3) is 0.333. The van der Waals surface area contributed by atoms with Crippen molar-refractivity contribution in [1.82, 2.24) is 9.97 Å². The standard InChI is InChI=1S/C15H16F2N4O/c16-15(17)22-12-5-3-11(4-6-12)20-13-9-14(19-10-18-13)21-7-1-2-8-21/h3-6,9-10,15H,1-2,7-8H2,(H,18,19,20). The molecular weight excluding hydrogens is 290 g/mol. The SMILES string of the molecule is FC(F)Oc1ccc(Nc2cc(N3CCCC3)ncn2)cc1. The lowest BCUT2D eigenvalue weighted by Gasteiger charge is -2.16. The second kappa shape index (κ2) is 6.55. The second-order valence-electron chi connectivity index (χ2n) is 4.98. The molecule has 1 aromatic carbocycles. The average Bonchev–Trinajstić information content (AvgIpc) is 3.03. The molecule has 0 unspecified atom stereocenters. The molecule has 1 fully saturated rings. The van der Waals surface area contributed by atoms with Gasteiger partial charge in [0.1, 0.15) is 23.7 Å². The van der Waals surface area contributed by atoms with E-state index in [-0.39, 0.29) is 5.75 Å². The summed E-state index contributed by atoms with van der Waals surface area (Å²) in [7, 11) is 0. The minimum absolute atomic E-state index is 0.126. The van der Waals surface area contributed by atoms with Gasteiger partial charge in [-0.05, 0) is 37.1 Å². The van der Waals surface area contributed by atoms with Crippen molar-refractivity contribution in [2.75, 3.05) is 23.3 Å². The Morgan fingerprint density at radius 3 is 2.50 bits per heavy atom. The highest BCUT2D eigenvalue weighted by molar-refractivity contribution is 5.60. The molecule has 0 saturated carbocycles. The lowest BCUT2D eigenvalue weighted by atomic mass is 10.3. The van der Waals surface area contributed by atoms with E-state index in [1.807, 2.05) is 6.07 Å². The van der Waals surface area contributed by atoms with Crippen LogP contribution in [0.2, 0.25) is 0 Å². The van der Waals surface area contributed by atoms with Gasteiger partial charge in [0.25, 0.3) is 0 Å². The van der Waals surface area contributed by atoms with Crippen LogP contribution in [0.5, 0.6) is 5.75 Å². The van der Waals surface area contributed by atoms with E-state index in [1.54, 1.807) is 12.1 Å². The number of alkyl halides is 2. The molecule has 1 aliphatic heterocycles. The quantitative estimate of drug-likeness (QED) is 0.917. The van der Waals surface area contributed by atoms with Gasteiger partial charge in [0.05, 0.1) is 0 Å². The van der Waals surface area contributed by atoms with E-state index in [1.165, 1.54) is 31.3 Å². The normalized spacial score (nSPS) is 14.4. The van der Waals surface area contributed by atoms with Gasteiger partial charge in [-0.2, -0.15) is 8.78 Å². The van der Waals surface area contributed by atoms with E-state index in [4.69, 9.17) is 0 Å². The predicted molar refractivity (Wildman–Crippen MR) is 79.8 cm³/mol. The predicted octanol–water partition coefficient (Wildman–Crippen LogP) is 3.42. The molecule has 3 rings (SSSR count). The summed E-state index contributed by atoms with van der Waals surface area (Å²) in [5.74, 6) is 1.69. The third-order valence-electron chi connectivity index (χ3n) is 3.43. The highest BCUT2D eigenvalue weighted by atomic mass is 19.3. The van der Waals surface area contributed by atoms with Crippen molar-refractivity contribution in [3.8, 4) is 5.75 Å². The molecule has 2 aromatic rings. The van der Waals surface area contributed by atoms with Crippen LogP contribution in [0.3, 0.4) is 0 Å². The number of aromatic nitrogens is 2. The largest absolute Gasteiger partial charge is 0.435 e. The number of halogens is 2. The molecule has 0 radical (unpaired) electrons. The van der Waals surface area contributed by atoms with Crippen molar-refractivity contribution >= 4 is 17.3 Å². The van der Waals surface area contributed by atoms with E-state index in [0.29, 0.717) is 5.82 Å². The van der Waals surface area contributed by atoms with Crippen molar-refractivity contribution in [1.29, 1.82) is 0 Å². The van der Waals surface area contributed by atoms with Crippen LogP contribution >= 0.6 is 0 Å². The molecule has 0 amide bonds. The van der Waals surface area contributed by atoms with Crippen LogP contribution in [0.1, 0.15) is 12.8 Å². The van der Waals surface area contributed by atoms with Crippen LogP contribution in [-0.2, 0) is 0 Å². The summed E-state index contributed by atoms with van der Waals surface area (Å²) >= 11 is 0. The molecule has 2 heterocycles. The Morgan fingerprint density at radius 2 is 1.82 bits per heavy atom. The first-order chi connectivity index (χ1) is 10.7. The zero-order valence-corrected chi connectivity index (χ0v) is 11.9. The monoisotopic (exact) mass is 306 g/mol. The zero-order chi connectivity index (χ0) is 15.4. The molecule has 1 N–H and O–H groups in total. The minimum atomic E-state index is -2.82. The van der Waals surface area contributed by atoms with Gasteiger partial charge in [0.15, 0.2) is 0 Å². The molecule has 0 bridgehead atoms. The van der Waals surface area contributed by atoms with Crippen LogP contribution in [0.25, 0.3) is 0 Å². The number of anilines is 3. The summed E-state index contributed by atoms with van der Waals surface area (Å²) in [6, 6.07) is 8.17. The van der Waals surface area contributed by atoms with Gasteiger partial charge in [-0.3, -0.25) is 0 Å². The van der Waals surface area contributed by atoms with E-state index < -0.39 is 6.61 Å². The minimum Gasteiger partial charge on any atom is -0.435 e. The number of nitrogens with zero attached hydrogens (tertiary/aromatic N) is 3. The summed E-state index contributed by atoms with van der Waals surface area (Å²) < 4.78 is 28.5. The summed E-state index contributed by atoms with van der Waals surface area (Å²) in [6.07, 6.45) is 3.88. The molecule has 116 valence electrons. The van der Waals surface area contributed by atoms with E-state index >= 15 is 0 Å². The lowest BCUT2D eigenvalue weighted by molar-refractivity contribution is -0.0498. The zero-order valence-electron chi connectivity index (χ0n) is 11.9. The number of benzene rings is 1. The number of rotatable bonds is 5. The number of hydrogen-bond donors (Lipinski definition) is 1. The van der Waals surface area contributed by atoms with Crippen LogP contribution in [0, 0.1) is 0 Å². The van der Waals surface area contributed by atoms with Crippen LogP contribution < -0.4 is 15.0 Å². The fourth-order valence-electron chi connectivity index (χ4n) is 2.40. The third-order valence-corrected chi connectivity index (χ3v) is 3.43. The Kier molecular flexibility index (Phi) is 4.32. The molecule has 0 aliphatic carbocycles. The Morgan fingerprint density at radius 1 is 1.09 bits per heavy atom. The molecule has 22 heavy (non-hydrogen) atoms. The first-order valence-electron chi connectivity index (χ1n) is 7.09. The Balaban J connectivity index is 1.68. The Bertz CT molecular complexity index is 615. The second-order valence-corrected chi connectivity index (χ2v) is 4.98. The van der Waals surface area contributed by atoms with Gasteiger partial charge in [-0.25, -0.2) is 9.97 Å². The Labute approximate surface area is 127 Å². The van der Waals surface area contributed by atoms with E-state index in [9.17, 15) is 8.78 Å². The number of hydrogen-bond acceptors (Lipinski definition) is 5. The van der Waals surface area contributed by atoms with E-state index in [2.05, 4.69) is 24.9 Å². The summed E-state index contributed by atoms with van der Waals surface area (Å²) in [5.41, 5.74) is 0.743. The van der Waals surface area contributed by atoms with Crippen molar-refractivity contribution < 1.29 is 13.5 Å². The van der Waals surface area contributed by atoms with Crippen LogP contribution in [0.4, 0.5) is 26.1 Å². The molecule has 0 spiro atoms. The van der Waals surface area contributed by atoms with Gasteiger partial charge in [-0.1, -0.05) is 0 Å². The first-order valence-corrected chi connectivity index (χ1v) is 7.09. The molecule has 1 saturated heterocycles. The fourth-order valence-corrected chi connectivity index (χ4v) is 2.40. The number of ether oxygens (including phenoxy) is 1. The van der Waals surface area contributed by atoms with Gasteiger partial charge in [0, 0.05) is 24.8 Å². The van der Waals surface area contributed by atoms with Gasteiger partial charge in [0.2, 0.25) is 0 Å². The maximum Gasteiger partial charge on any atom is 0.387 e. The molecule has 1 aromatic heterocycles. The highest BCUT2D eigenvalue weighted by Crippen LogP contribution is 2.23. The van der Waals surface area contributed by atoms with Gasteiger partial charge >= 0.3 is 6.61 Å². The smallest absolute Gasteiger partial charge is 0.387 e. The van der Waals surface area contributed by atoms with Crippen LogP contribution in [0.15, 0.2) is 36.7 Å². The van der Waals surface area contributed by atoms with Crippen LogP contribution in [-0.4, -0.2) is 29.7 Å². The first kappa shape index (κ1) is 14.5. The topological polar surface area (TPSA) is 50.3 Å². The van der Waals surface area contributed by atoms with Crippen molar-refractivity contribution in [2.24, 2.45) is 0 Å². The number of nitrogens with one attached hydrogen (secondary N) is 1.